The third-order valence-electron chi connectivity index (χ3n) is 4.23. The molecule has 2 amide bonds. The van der Waals surface area contributed by atoms with Gasteiger partial charge in [0, 0.05) is 24.8 Å². The Morgan fingerprint density at radius 2 is 2.25 bits per heavy atom. The van der Waals surface area contributed by atoms with Crippen molar-refractivity contribution in [2.24, 2.45) is 0 Å². The molecule has 0 aromatic heterocycles. The van der Waals surface area contributed by atoms with Crippen molar-refractivity contribution in [2.75, 3.05) is 26.2 Å². The van der Waals surface area contributed by atoms with Crippen LogP contribution in [0.4, 0.5) is 0 Å². The van der Waals surface area contributed by atoms with E-state index < -0.39 is 0 Å². The summed E-state index contributed by atoms with van der Waals surface area (Å²) in [6.45, 7) is 2.15. The first kappa shape index (κ1) is 13.6. The summed E-state index contributed by atoms with van der Waals surface area (Å²) in [5, 5.41) is 2.80. The molecule has 0 unspecified atom stereocenters. The molecular weight excluding hydrogens is 254 g/mol. The molecule has 3 aliphatic rings. The number of piperazine rings is 1. The Morgan fingerprint density at radius 3 is 2.90 bits per heavy atom. The standard InChI is InChI=1S/C15H23N3O2/c19-14-10-17(9-8-16-14)11-15(20)18(13-6-7-13)12-4-2-1-3-5-12/h4,13H,1-3,5-11H2,(H,16,19). The smallest absolute Gasteiger partial charge is 0.241 e. The Morgan fingerprint density at radius 1 is 1.40 bits per heavy atom. The molecule has 1 saturated heterocycles. The number of hydrogen-bond acceptors (Lipinski definition) is 3. The Labute approximate surface area is 120 Å². The van der Waals surface area contributed by atoms with Crippen molar-refractivity contribution in [3.05, 3.63) is 11.8 Å². The first-order valence-electron chi connectivity index (χ1n) is 7.74. The number of hydrogen-bond donors (Lipinski definition) is 1. The van der Waals surface area contributed by atoms with Crippen molar-refractivity contribution in [3.63, 3.8) is 0 Å². The van der Waals surface area contributed by atoms with Gasteiger partial charge in [-0.25, -0.2) is 0 Å². The topological polar surface area (TPSA) is 52.7 Å². The number of nitrogens with one attached hydrogen (secondary N) is 1. The van der Waals surface area contributed by atoms with Gasteiger partial charge >= 0.3 is 0 Å². The largest absolute Gasteiger partial charge is 0.354 e. The zero-order valence-electron chi connectivity index (χ0n) is 11.9. The van der Waals surface area contributed by atoms with Crippen LogP contribution >= 0.6 is 0 Å². The second-order valence-corrected chi connectivity index (χ2v) is 6.00. The molecule has 3 rings (SSSR count). The highest BCUT2D eigenvalue weighted by Crippen LogP contribution is 2.33. The normalized spacial score (nSPS) is 24.0. The molecule has 20 heavy (non-hydrogen) atoms. The first-order valence-corrected chi connectivity index (χ1v) is 7.74. The number of allylic oxidation sites excluding steroid dienone is 2. The zero-order valence-corrected chi connectivity index (χ0v) is 11.9. The SMILES string of the molecule is O=C1CN(CC(=O)N(C2=CCCCC2)C2CC2)CCN1. The maximum atomic E-state index is 12.6. The van der Waals surface area contributed by atoms with Crippen molar-refractivity contribution in [1.29, 1.82) is 0 Å². The van der Waals surface area contributed by atoms with Gasteiger partial charge in [0.1, 0.15) is 0 Å². The van der Waals surface area contributed by atoms with E-state index in [-0.39, 0.29) is 11.8 Å². The van der Waals surface area contributed by atoms with E-state index in [4.69, 9.17) is 0 Å². The monoisotopic (exact) mass is 277 g/mol. The van der Waals surface area contributed by atoms with E-state index in [2.05, 4.69) is 11.4 Å². The van der Waals surface area contributed by atoms with Crippen LogP contribution in [0.25, 0.3) is 0 Å². The second kappa shape index (κ2) is 5.95. The molecule has 0 spiro atoms. The van der Waals surface area contributed by atoms with Crippen molar-refractivity contribution >= 4 is 11.8 Å². The minimum atomic E-state index is 0.0268. The van der Waals surface area contributed by atoms with E-state index in [1.54, 1.807) is 0 Å². The lowest BCUT2D eigenvalue weighted by atomic mass is 10.0. The second-order valence-electron chi connectivity index (χ2n) is 6.00. The predicted octanol–water partition coefficient (Wildman–Crippen LogP) is 0.867. The Balaban J connectivity index is 1.63. The number of carbonyl (C=O) groups is 2. The summed E-state index contributed by atoms with van der Waals surface area (Å²) < 4.78 is 0. The highest BCUT2D eigenvalue weighted by molar-refractivity contribution is 5.83. The Hall–Kier alpha value is -1.36. The van der Waals surface area contributed by atoms with Crippen LogP contribution in [0.15, 0.2) is 11.8 Å². The number of carbonyl (C=O) groups excluding carboxylic acids is 2. The van der Waals surface area contributed by atoms with Gasteiger partial charge in [0.05, 0.1) is 13.1 Å². The fourth-order valence-electron chi connectivity index (χ4n) is 3.06. The van der Waals surface area contributed by atoms with Crippen LogP contribution in [0.2, 0.25) is 0 Å². The van der Waals surface area contributed by atoms with Gasteiger partial charge < -0.3 is 10.2 Å². The maximum Gasteiger partial charge on any atom is 0.241 e. The molecular formula is C15H23N3O2. The van der Waals surface area contributed by atoms with E-state index in [1.807, 2.05) is 9.80 Å². The van der Waals surface area contributed by atoms with Crippen LogP contribution in [0.1, 0.15) is 38.5 Å². The van der Waals surface area contributed by atoms with Crippen LogP contribution in [0.3, 0.4) is 0 Å². The van der Waals surface area contributed by atoms with Crippen molar-refractivity contribution in [1.82, 2.24) is 15.1 Å². The quantitative estimate of drug-likeness (QED) is 0.829. The average molecular weight is 277 g/mol. The summed E-state index contributed by atoms with van der Waals surface area (Å²) in [5.41, 5.74) is 1.23. The summed E-state index contributed by atoms with van der Waals surface area (Å²) in [6, 6.07) is 0.422. The molecule has 1 saturated carbocycles. The Bertz CT molecular complexity index is 429. The summed E-state index contributed by atoms with van der Waals surface area (Å²) >= 11 is 0. The van der Waals surface area contributed by atoms with E-state index in [9.17, 15) is 9.59 Å². The van der Waals surface area contributed by atoms with Gasteiger partial charge in [0.2, 0.25) is 11.8 Å². The number of amides is 2. The van der Waals surface area contributed by atoms with E-state index in [0.717, 1.165) is 32.2 Å². The fourth-order valence-corrected chi connectivity index (χ4v) is 3.06. The van der Waals surface area contributed by atoms with Crippen LogP contribution in [0, 0.1) is 0 Å². The lowest BCUT2D eigenvalue weighted by Gasteiger charge is -2.32. The molecule has 110 valence electrons. The molecule has 5 nitrogen and oxygen atoms in total. The van der Waals surface area contributed by atoms with Crippen LogP contribution in [0.5, 0.6) is 0 Å². The highest BCUT2D eigenvalue weighted by atomic mass is 16.2. The lowest BCUT2D eigenvalue weighted by Crippen LogP contribution is -2.51. The molecule has 0 atom stereocenters. The summed E-state index contributed by atoms with van der Waals surface area (Å²) in [6.07, 6.45) is 9.05. The lowest BCUT2D eigenvalue weighted by molar-refractivity contribution is -0.132. The maximum absolute atomic E-state index is 12.6. The van der Waals surface area contributed by atoms with Gasteiger partial charge in [-0.2, -0.15) is 0 Å². The van der Waals surface area contributed by atoms with Gasteiger partial charge in [0.25, 0.3) is 0 Å². The third kappa shape index (κ3) is 3.20. The summed E-state index contributed by atoms with van der Waals surface area (Å²) in [5.74, 6) is 0.203. The highest BCUT2D eigenvalue weighted by Gasteiger charge is 2.35. The molecule has 0 aromatic carbocycles. The number of rotatable bonds is 4. The molecule has 1 heterocycles. The molecule has 1 aliphatic heterocycles. The zero-order chi connectivity index (χ0) is 13.9. The van der Waals surface area contributed by atoms with Crippen LogP contribution in [-0.2, 0) is 9.59 Å². The molecule has 2 aliphatic carbocycles. The van der Waals surface area contributed by atoms with Gasteiger partial charge in [-0.3, -0.25) is 14.5 Å². The van der Waals surface area contributed by atoms with Crippen molar-refractivity contribution in [2.45, 2.75) is 44.6 Å². The summed E-state index contributed by atoms with van der Waals surface area (Å²) in [4.78, 5) is 28.0. The average Bonchev–Trinajstić information content (AvgIpc) is 3.25. The fraction of sp³-hybridized carbons (Fsp3) is 0.733. The molecule has 0 aromatic rings. The van der Waals surface area contributed by atoms with Crippen LogP contribution in [-0.4, -0.2) is 53.8 Å². The van der Waals surface area contributed by atoms with Gasteiger partial charge in [-0.05, 0) is 38.5 Å². The minimum absolute atomic E-state index is 0.0268. The Kier molecular flexibility index (Phi) is 4.05. The van der Waals surface area contributed by atoms with Crippen molar-refractivity contribution in [3.8, 4) is 0 Å². The van der Waals surface area contributed by atoms with Crippen LogP contribution < -0.4 is 5.32 Å². The van der Waals surface area contributed by atoms with E-state index in [1.165, 1.54) is 18.5 Å². The molecule has 0 radical (unpaired) electrons. The molecule has 2 fully saturated rings. The number of nitrogens with zero attached hydrogens (tertiary/aromatic N) is 2. The van der Waals surface area contributed by atoms with E-state index in [0.29, 0.717) is 25.7 Å². The van der Waals surface area contributed by atoms with Gasteiger partial charge in [0.15, 0.2) is 0 Å². The summed E-state index contributed by atoms with van der Waals surface area (Å²) in [7, 11) is 0. The van der Waals surface area contributed by atoms with Crippen molar-refractivity contribution < 1.29 is 9.59 Å². The predicted molar refractivity (Wildman–Crippen MR) is 75.9 cm³/mol. The minimum Gasteiger partial charge on any atom is -0.354 e. The first-order chi connectivity index (χ1) is 9.74. The molecule has 0 bridgehead atoms. The van der Waals surface area contributed by atoms with Gasteiger partial charge in [-0.1, -0.05) is 6.08 Å². The van der Waals surface area contributed by atoms with E-state index >= 15 is 0 Å². The third-order valence-corrected chi connectivity index (χ3v) is 4.23. The molecule has 1 N–H and O–H groups in total. The van der Waals surface area contributed by atoms with Gasteiger partial charge in [-0.15, -0.1) is 0 Å². The molecule has 5 heteroatoms.